The highest BCUT2D eigenvalue weighted by atomic mass is 35.5. The molecule has 1 amide bonds. The van der Waals surface area contributed by atoms with Crippen LogP contribution < -0.4 is 10.2 Å². The quantitative estimate of drug-likeness (QED) is 0.687. The first kappa shape index (κ1) is 19.1. The van der Waals surface area contributed by atoms with E-state index in [4.69, 9.17) is 11.6 Å². The highest BCUT2D eigenvalue weighted by Gasteiger charge is 2.15. The summed E-state index contributed by atoms with van der Waals surface area (Å²) in [6, 6.07) is 17.6. The molecular weight excluding hydrogens is 360 g/mol. The summed E-state index contributed by atoms with van der Waals surface area (Å²) in [7, 11) is 1.98. The topological polar surface area (TPSA) is 51.4 Å². The molecule has 1 heterocycles. The van der Waals surface area contributed by atoms with Crippen LogP contribution in [0.25, 0.3) is 5.69 Å². The van der Waals surface area contributed by atoms with Crippen LogP contribution in [-0.2, 0) is 11.3 Å². The highest BCUT2D eigenvalue weighted by Crippen LogP contribution is 2.17. The van der Waals surface area contributed by atoms with Crippen molar-refractivity contribution in [3.8, 4) is 5.69 Å². The molecular formula is C21H24ClN4O+. The molecule has 0 saturated heterocycles. The molecule has 0 bridgehead atoms. The van der Waals surface area contributed by atoms with Crippen molar-refractivity contribution in [3.05, 3.63) is 76.4 Å². The average Bonchev–Trinajstić information content (AvgIpc) is 2.97. The van der Waals surface area contributed by atoms with Gasteiger partial charge in [0.1, 0.15) is 12.4 Å². The predicted molar refractivity (Wildman–Crippen MR) is 109 cm³/mol. The van der Waals surface area contributed by atoms with E-state index in [2.05, 4.69) is 10.4 Å². The van der Waals surface area contributed by atoms with Crippen LogP contribution in [0.3, 0.4) is 0 Å². The fourth-order valence-corrected chi connectivity index (χ4v) is 3.16. The Morgan fingerprint density at radius 1 is 1.15 bits per heavy atom. The van der Waals surface area contributed by atoms with Gasteiger partial charge in [-0.15, -0.1) is 0 Å². The number of nitrogens with zero attached hydrogens (tertiary/aromatic N) is 2. The van der Waals surface area contributed by atoms with Crippen LogP contribution in [0.4, 0.5) is 5.82 Å². The fraction of sp³-hybridized carbons (Fsp3) is 0.238. The number of quaternary nitrogens is 1. The Hall–Kier alpha value is -2.63. The number of hydrogen-bond donors (Lipinski definition) is 2. The number of nitrogens with one attached hydrogen (secondary N) is 2. The van der Waals surface area contributed by atoms with E-state index < -0.39 is 0 Å². The third-order valence-electron chi connectivity index (χ3n) is 4.29. The second-order valence-corrected chi connectivity index (χ2v) is 7.28. The maximum Gasteiger partial charge on any atom is 0.280 e. The Kier molecular flexibility index (Phi) is 5.94. The summed E-state index contributed by atoms with van der Waals surface area (Å²) in [4.78, 5) is 13.6. The fourth-order valence-electron chi connectivity index (χ4n) is 2.96. The largest absolute Gasteiger partial charge is 0.326 e. The van der Waals surface area contributed by atoms with E-state index in [-0.39, 0.29) is 5.91 Å². The molecule has 0 aliphatic rings. The standard InChI is InChI=1S/C21H23ClN4O/c1-15-8-10-18(11-9-15)26-20(12-16(2)24-26)23-21(27)14-25(3)13-17-6-4-5-7-19(17)22/h4-12H,13-14H2,1-3H3,(H,23,27)/p+1. The molecule has 6 heteroatoms. The number of hydrogen-bond acceptors (Lipinski definition) is 2. The Labute approximate surface area is 164 Å². The minimum Gasteiger partial charge on any atom is -0.326 e. The highest BCUT2D eigenvalue weighted by molar-refractivity contribution is 6.31. The Bertz CT molecular complexity index is 934. The van der Waals surface area contributed by atoms with Crippen LogP contribution in [0.1, 0.15) is 16.8 Å². The van der Waals surface area contributed by atoms with Crippen molar-refractivity contribution in [2.24, 2.45) is 0 Å². The number of aryl methyl sites for hydroxylation is 2. The summed E-state index contributed by atoms with van der Waals surface area (Å²) in [6.07, 6.45) is 0. The molecule has 0 saturated carbocycles. The molecule has 2 N–H and O–H groups in total. The lowest BCUT2D eigenvalue weighted by Gasteiger charge is -2.15. The molecule has 3 aromatic rings. The summed E-state index contributed by atoms with van der Waals surface area (Å²) >= 11 is 6.21. The molecule has 140 valence electrons. The molecule has 0 radical (unpaired) electrons. The zero-order chi connectivity index (χ0) is 19.4. The second kappa shape index (κ2) is 8.37. The van der Waals surface area contributed by atoms with Gasteiger partial charge in [-0.05, 0) is 32.0 Å². The van der Waals surface area contributed by atoms with E-state index in [1.54, 1.807) is 4.68 Å². The first-order chi connectivity index (χ1) is 12.9. The third-order valence-corrected chi connectivity index (χ3v) is 4.66. The lowest BCUT2D eigenvalue weighted by molar-refractivity contribution is -0.885. The van der Waals surface area contributed by atoms with Crippen LogP contribution in [0.5, 0.6) is 0 Å². The zero-order valence-corrected chi connectivity index (χ0v) is 16.5. The van der Waals surface area contributed by atoms with E-state index in [9.17, 15) is 4.79 Å². The van der Waals surface area contributed by atoms with Gasteiger partial charge >= 0.3 is 0 Å². The molecule has 0 fully saturated rings. The molecule has 5 nitrogen and oxygen atoms in total. The molecule has 1 unspecified atom stereocenters. The summed E-state index contributed by atoms with van der Waals surface area (Å²) in [5.41, 5.74) is 3.98. The summed E-state index contributed by atoms with van der Waals surface area (Å²) in [5.74, 6) is 0.611. The average molecular weight is 384 g/mol. The maximum atomic E-state index is 12.5. The number of amides is 1. The number of aromatic nitrogens is 2. The molecule has 1 aromatic heterocycles. The molecule has 3 rings (SSSR count). The van der Waals surface area contributed by atoms with Crippen LogP contribution in [0, 0.1) is 13.8 Å². The van der Waals surface area contributed by atoms with Crippen molar-refractivity contribution in [2.45, 2.75) is 20.4 Å². The van der Waals surface area contributed by atoms with Crippen LogP contribution >= 0.6 is 11.6 Å². The van der Waals surface area contributed by atoms with E-state index in [1.807, 2.05) is 75.5 Å². The minimum atomic E-state index is -0.0622. The van der Waals surface area contributed by atoms with Crippen molar-refractivity contribution in [1.29, 1.82) is 0 Å². The summed E-state index contributed by atoms with van der Waals surface area (Å²) in [5, 5.41) is 8.21. The van der Waals surface area contributed by atoms with Crippen molar-refractivity contribution >= 4 is 23.3 Å². The number of anilines is 1. The third kappa shape index (κ3) is 4.96. The van der Waals surface area contributed by atoms with Gasteiger partial charge in [0.25, 0.3) is 5.91 Å². The van der Waals surface area contributed by atoms with Crippen LogP contribution in [-0.4, -0.2) is 29.3 Å². The van der Waals surface area contributed by atoms with E-state index in [1.165, 1.54) is 5.56 Å². The second-order valence-electron chi connectivity index (χ2n) is 6.87. The van der Waals surface area contributed by atoms with Crippen LogP contribution in [0.2, 0.25) is 5.02 Å². The zero-order valence-electron chi connectivity index (χ0n) is 15.8. The molecule has 27 heavy (non-hydrogen) atoms. The number of benzene rings is 2. The maximum absolute atomic E-state index is 12.5. The van der Waals surface area contributed by atoms with Gasteiger partial charge in [0.05, 0.1) is 18.4 Å². The molecule has 0 spiro atoms. The molecule has 2 aromatic carbocycles. The van der Waals surface area contributed by atoms with Crippen molar-refractivity contribution in [2.75, 3.05) is 18.9 Å². The van der Waals surface area contributed by atoms with Crippen molar-refractivity contribution < 1.29 is 9.69 Å². The Morgan fingerprint density at radius 3 is 2.56 bits per heavy atom. The molecule has 0 aliphatic heterocycles. The lowest BCUT2D eigenvalue weighted by Crippen LogP contribution is -3.08. The van der Waals surface area contributed by atoms with Gasteiger partial charge in [-0.25, -0.2) is 4.68 Å². The van der Waals surface area contributed by atoms with Crippen LogP contribution in [0.15, 0.2) is 54.6 Å². The van der Waals surface area contributed by atoms with Gasteiger partial charge in [-0.2, -0.15) is 5.10 Å². The van der Waals surface area contributed by atoms with Gasteiger partial charge in [0, 0.05) is 16.7 Å². The first-order valence-corrected chi connectivity index (χ1v) is 9.28. The predicted octanol–water partition coefficient (Wildman–Crippen LogP) is 2.80. The number of halogens is 1. The normalized spacial score (nSPS) is 12.0. The number of carbonyl (C=O) groups excluding carboxylic acids is 1. The smallest absolute Gasteiger partial charge is 0.280 e. The number of rotatable bonds is 6. The van der Waals surface area contributed by atoms with Crippen molar-refractivity contribution in [3.63, 3.8) is 0 Å². The van der Waals surface area contributed by atoms with Gasteiger partial charge in [0.2, 0.25) is 0 Å². The first-order valence-electron chi connectivity index (χ1n) is 8.90. The van der Waals surface area contributed by atoms with Gasteiger partial charge < -0.3 is 10.2 Å². The Balaban J connectivity index is 1.67. The monoisotopic (exact) mass is 383 g/mol. The van der Waals surface area contributed by atoms with Gasteiger partial charge in [-0.1, -0.05) is 47.5 Å². The van der Waals surface area contributed by atoms with E-state index in [0.29, 0.717) is 18.9 Å². The minimum absolute atomic E-state index is 0.0622. The molecule has 0 aliphatic carbocycles. The van der Waals surface area contributed by atoms with E-state index in [0.717, 1.165) is 26.9 Å². The lowest BCUT2D eigenvalue weighted by atomic mass is 10.2. The SMILES string of the molecule is Cc1ccc(-n2nc(C)cc2NC(=O)C[NH+](C)Cc2ccccc2Cl)cc1. The van der Waals surface area contributed by atoms with Crippen molar-refractivity contribution in [1.82, 2.24) is 9.78 Å². The number of carbonyl (C=O) groups is 1. The number of likely N-dealkylation sites (N-methyl/N-ethyl adjacent to an activating group) is 1. The summed E-state index contributed by atoms with van der Waals surface area (Å²) < 4.78 is 1.76. The Morgan fingerprint density at radius 2 is 1.85 bits per heavy atom. The van der Waals surface area contributed by atoms with Gasteiger partial charge in [0.15, 0.2) is 6.54 Å². The van der Waals surface area contributed by atoms with E-state index >= 15 is 0 Å². The molecule has 1 atom stereocenters. The van der Waals surface area contributed by atoms with Gasteiger partial charge in [-0.3, -0.25) is 4.79 Å². The summed E-state index contributed by atoms with van der Waals surface area (Å²) in [6.45, 7) is 4.97.